The van der Waals surface area contributed by atoms with Crippen LogP contribution in [-0.2, 0) is 4.79 Å². The predicted octanol–water partition coefficient (Wildman–Crippen LogP) is 0.615. The van der Waals surface area contributed by atoms with Gasteiger partial charge in [-0.1, -0.05) is 13.8 Å². The molecule has 0 bridgehead atoms. The monoisotopic (exact) mass is 366 g/mol. The summed E-state index contributed by atoms with van der Waals surface area (Å²) >= 11 is 0. The van der Waals surface area contributed by atoms with Crippen LogP contribution in [0.5, 0.6) is 0 Å². The third kappa shape index (κ3) is 4.12. The number of carboxylic acid groups (broad SMARTS) is 1. The zero-order valence-electron chi connectivity index (χ0n) is 15.1. The van der Waals surface area contributed by atoms with E-state index >= 15 is 0 Å². The van der Waals surface area contributed by atoms with Crippen LogP contribution in [0, 0.1) is 5.41 Å². The lowest BCUT2D eigenvalue weighted by atomic mass is 9.82. The second kappa shape index (κ2) is 8.15. The van der Waals surface area contributed by atoms with E-state index in [0.717, 1.165) is 12.8 Å². The van der Waals surface area contributed by atoms with E-state index in [-0.39, 0.29) is 24.4 Å². The minimum atomic E-state index is -0.951. The standard InChI is InChI=1S/C16H26N6O4/c1-3-16(4-2,14(24)25)9-18-15(26)21-7-5-6-11(8-21)22-10-19-13(20-22)12(17)23/h10-11H,3-9H2,1-2H3,(H2,17,23)(H,18,26)(H,24,25). The Morgan fingerprint density at radius 3 is 2.62 bits per heavy atom. The van der Waals surface area contributed by atoms with Gasteiger partial charge in [0.2, 0.25) is 5.82 Å². The average molecular weight is 366 g/mol. The number of nitrogens with zero attached hydrogens (tertiary/aromatic N) is 4. The van der Waals surface area contributed by atoms with Crippen molar-refractivity contribution in [3.63, 3.8) is 0 Å². The summed E-state index contributed by atoms with van der Waals surface area (Å²) in [5, 5.41) is 16.3. The van der Waals surface area contributed by atoms with E-state index in [9.17, 15) is 19.5 Å². The van der Waals surface area contributed by atoms with Gasteiger partial charge >= 0.3 is 12.0 Å². The zero-order valence-corrected chi connectivity index (χ0v) is 15.1. The number of likely N-dealkylation sites (tertiary alicyclic amines) is 1. The van der Waals surface area contributed by atoms with Crippen LogP contribution >= 0.6 is 0 Å². The zero-order chi connectivity index (χ0) is 19.3. The van der Waals surface area contributed by atoms with Crippen molar-refractivity contribution in [3.05, 3.63) is 12.2 Å². The molecule has 1 fully saturated rings. The molecule has 1 aromatic rings. The number of aromatic nitrogens is 3. The smallest absolute Gasteiger partial charge is 0.317 e. The van der Waals surface area contributed by atoms with Crippen LogP contribution in [0.3, 0.4) is 0 Å². The lowest BCUT2D eigenvalue weighted by molar-refractivity contribution is -0.149. The Labute approximate surface area is 151 Å². The fourth-order valence-corrected chi connectivity index (χ4v) is 3.15. The topological polar surface area (TPSA) is 143 Å². The number of rotatable bonds is 7. The summed E-state index contributed by atoms with van der Waals surface area (Å²) in [4.78, 5) is 40.7. The summed E-state index contributed by atoms with van der Waals surface area (Å²) in [6.07, 6.45) is 3.90. The van der Waals surface area contributed by atoms with Crippen LogP contribution in [0.25, 0.3) is 0 Å². The Bertz CT molecular complexity index is 669. The van der Waals surface area contributed by atoms with Crippen molar-refractivity contribution < 1.29 is 19.5 Å². The van der Waals surface area contributed by atoms with Gasteiger partial charge in [0, 0.05) is 19.6 Å². The number of carboxylic acids is 1. The summed E-state index contributed by atoms with van der Waals surface area (Å²) < 4.78 is 1.55. The van der Waals surface area contributed by atoms with Gasteiger partial charge in [-0.15, -0.1) is 5.10 Å². The Hall–Kier alpha value is -2.65. The van der Waals surface area contributed by atoms with Gasteiger partial charge < -0.3 is 21.1 Å². The molecule has 10 nitrogen and oxygen atoms in total. The molecular weight excluding hydrogens is 340 g/mol. The van der Waals surface area contributed by atoms with Gasteiger partial charge in [-0.3, -0.25) is 9.59 Å². The lowest BCUT2D eigenvalue weighted by Gasteiger charge is -2.34. The molecule has 0 aliphatic carbocycles. The summed E-state index contributed by atoms with van der Waals surface area (Å²) in [7, 11) is 0. The second-order valence-corrected chi connectivity index (χ2v) is 6.61. The number of hydrogen-bond acceptors (Lipinski definition) is 5. The van der Waals surface area contributed by atoms with Gasteiger partial charge in [-0.05, 0) is 25.7 Å². The van der Waals surface area contributed by atoms with E-state index in [4.69, 9.17) is 5.73 Å². The van der Waals surface area contributed by atoms with Crippen molar-refractivity contribution in [2.75, 3.05) is 19.6 Å². The molecule has 144 valence electrons. The van der Waals surface area contributed by atoms with Crippen molar-refractivity contribution in [1.82, 2.24) is 25.0 Å². The fourth-order valence-electron chi connectivity index (χ4n) is 3.15. The Balaban J connectivity index is 1.98. The van der Waals surface area contributed by atoms with Crippen LogP contribution in [0.1, 0.15) is 56.2 Å². The number of aliphatic carboxylic acids is 1. The molecule has 2 heterocycles. The number of hydrogen-bond donors (Lipinski definition) is 3. The summed E-state index contributed by atoms with van der Waals surface area (Å²) in [6, 6.07) is -0.394. The highest BCUT2D eigenvalue weighted by Crippen LogP contribution is 2.26. The largest absolute Gasteiger partial charge is 0.481 e. The first kappa shape index (κ1) is 19.7. The number of urea groups is 1. The van der Waals surface area contributed by atoms with Gasteiger partial charge in [-0.2, -0.15) is 0 Å². The van der Waals surface area contributed by atoms with Gasteiger partial charge in [0.05, 0.1) is 11.5 Å². The average Bonchev–Trinajstić information content (AvgIpc) is 3.13. The molecule has 0 saturated carbocycles. The quantitative estimate of drug-likeness (QED) is 0.645. The molecule has 1 unspecified atom stereocenters. The maximum Gasteiger partial charge on any atom is 0.317 e. The van der Waals surface area contributed by atoms with Crippen molar-refractivity contribution >= 4 is 17.9 Å². The molecule has 1 saturated heterocycles. The van der Waals surface area contributed by atoms with Crippen molar-refractivity contribution in [2.45, 2.75) is 45.6 Å². The van der Waals surface area contributed by atoms with Crippen LogP contribution in [-0.4, -0.2) is 62.3 Å². The maximum absolute atomic E-state index is 12.5. The predicted molar refractivity (Wildman–Crippen MR) is 92.4 cm³/mol. The first-order valence-corrected chi connectivity index (χ1v) is 8.80. The van der Waals surface area contributed by atoms with Gasteiger partial charge in [0.1, 0.15) is 6.33 Å². The van der Waals surface area contributed by atoms with E-state index in [0.29, 0.717) is 25.9 Å². The molecule has 0 radical (unpaired) electrons. The maximum atomic E-state index is 12.5. The number of amides is 3. The summed E-state index contributed by atoms with van der Waals surface area (Å²) in [5.74, 6) is -1.65. The SMILES string of the molecule is CCC(CC)(CNC(=O)N1CCCC(n2cnc(C(N)=O)n2)C1)C(=O)O. The van der Waals surface area contributed by atoms with Crippen molar-refractivity contribution in [1.29, 1.82) is 0 Å². The number of carbonyl (C=O) groups excluding carboxylic acids is 2. The van der Waals surface area contributed by atoms with Gasteiger partial charge in [0.15, 0.2) is 0 Å². The molecule has 2 rings (SSSR count). The molecule has 10 heteroatoms. The number of nitrogens with two attached hydrogens (primary N) is 1. The van der Waals surface area contributed by atoms with Gasteiger partial charge in [-0.25, -0.2) is 14.5 Å². The van der Waals surface area contributed by atoms with E-state index in [2.05, 4.69) is 15.4 Å². The molecule has 0 spiro atoms. The first-order chi connectivity index (χ1) is 12.3. The highest BCUT2D eigenvalue weighted by Gasteiger charge is 2.36. The number of carbonyl (C=O) groups is 3. The van der Waals surface area contributed by atoms with Crippen LogP contribution in [0.2, 0.25) is 0 Å². The molecule has 26 heavy (non-hydrogen) atoms. The molecule has 0 aromatic carbocycles. The molecule has 1 aromatic heterocycles. The third-order valence-corrected chi connectivity index (χ3v) is 5.17. The van der Waals surface area contributed by atoms with E-state index < -0.39 is 17.3 Å². The van der Waals surface area contributed by atoms with Crippen molar-refractivity contribution in [3.8, 4) is 0 Å². The van der Waals surface area contributed by atoms with Gasteiger partial charge in [0.25, 0.3) is 5.91 Å². The Kier molecular flexibility index (Phi) is 6.17. The second-order valence-electron chi connectivity index (χ2n) is 6.61. The number of primary amides is 1. The van der Waals surface area contributed by atoms with Crippen LogP contribution in [0.4, 0.5) is 4.79 Å². The number of piperidine rings is 1. The first-order valence-electron chi connectivity index (χ1n) is 8.80. The van der Waals surface area contributed by atoms with E-state index in [1.54, 1.807) is 9.58 Å². The van der Waals surface area contributed by atoms with E-state index in [1.807, 2.05) is 13.8 Å². The van der Waals surface area contributed by atoms with Crippen LogP contribution < -0.4 is 11.1 Å². The minimum Gasteiger partial charge on any atom is -0.481 e. The summed E-state index contributed by atoms with van der Waals surface area (Å²) in [5.41, 5.74) is 4.21. The highest BCUT2D eigenvalue weighted by atomic mass is 16.4. The highest BCUT2D eigenvalue weighted by molar-refractivity contribution is 5.88. The lowest BCUT2D eigenvalue weighted by Crippen LogP contribution is -2.50. The Morgan fingerprint density at radius 1 is 1.38 bits per heavy atom. The fraction of sp³-hybridized carbons (Fsp3) is 0.688. The molecule has 1 aliphatic rings. The molecule has 3 amide bonds. The third-order valence-electron chi connectivity index (χ3n) is 5.17. The molecule has 1 aliphatic heterocycles. The summed E-state index contributed by atoms with van der Waals surface area (Å²) in [6.45, 7) is 4.69. The normalized spacial score (nSPS) is 17.8. The Morgan fingerprint density at radius 2 is 2.08 bits per heavy atom. The molecule has 1 atom stereocenters. The number of nitrogens with one attached hydrogen (secondary N) is 1. The van der Waals surface area contributed by atoms with E-state index in [1.165, 1.54) is 6.33 Å². The molecule has 4 N–H and O–H groups in total. The molecular formula is C16H26N6O4. The van der Waals surface area contributed by atoms with Crippen LogP contribution in [0.15, 0.2) is 6.33 Å². The van der Waals surface area contributed by atoms with Crippen molar-refractivity contribution in [2.24, 2.45) is 11.1 Å². The minimum absolute atomic E-state index is 0.0521.